The lowest BCUT2D eigenvalue weighted by Gasteiger charge is -2.25. The molecule has 1 fully saturated rings. The summed E-state index contributed by atoms with van der Waals surface area (Å²) in [7, 11) is 0. The second kappa shape index (κ2) is 4.04. The molecule has 1 aromatic heterocycles. The van der Waals surface area contributed by atoms with Gasteiger partial charge in [-0.3, -0.25) is 9.48 Å². The van der Waals surface area contributed by atoms with Gasteiger partial charge >= 0.3 is 0 Å². The second-order valence-electron chi connectivity index (χ2n) is 5.38. The van der Waals surface area contributed by atoms with Crippen molar-refractivity contribution in [3.8, 4) is 0 Å². The molecule has 88 valence electrons. The minimum Gasteiger partial charge on any atom is -0.294 e. The first-order chi connectivity index (χ1) is 7.54. The van der Waals surface area contributed by atoms with Gasteiger partial charge in [0.1, 0.15) is 0 Å². The number of hydrogen-bond acceptors (Lipinski definition) is 2. The van der Waals surface area contributed by atoms with Crippen molar-refractivity contribution in [1.82, 2.24) is 9.78 Å². The van der Waals surface area contributed by atoms with E-state index in [1.54, 1.807) is 6.20 Å². The van der Waals surface area contributed by atoms with Crippen LogP contribution in [-0.2, 0) is 6.54 Å². The summed E-state index contributed by atoms with van der Waals surface area (Å²) in [6.45, 7) is 7.25. The van der Waals surface area contributed by atoms with Crippen LogP contribution in [0.3, 0.4) is 0 Å². The Labute approximate surface area is 96.8 Å². The Morgan fingerprint density at radius 2 is 2.38 bits per heavy atom. The molecule has 0 N–H and O–H groups in total. The van der Waals surface area contributed by atoms with Crippen LogP contribution in [0.1, 0.15) is 50.4 Å². The highest BCUT2D eigenvalue weighted by Gasteiger charge is 2.39. The van der Waals surface area contributed by atoms with Crippen molar-refractivity contribution in [3.05, 3.63) is 18.0 Å². The van der Waals surface area contributed by atoms with Crippen molar-refractivity contribution < 1.29 is 4.79 Å². The van der Waals surface area contributed by atoms with Gasteiger partial charge in [0.05, 0.1) is 11.8 Å². The summed E-state index contributed by atoms with van der Waals surface area (Å²) in [5.41, 5.74) is 0.938. The molecule has 3 nitrogen and oxygen atoms in total. The van der Waals surface area contributed by atoms with Crippen LogP contribution < -0.4 is 0 Å². The standard InChI is InChI=1S/C13H20N2O/c1-4-15-9-10(8-14-15)12(16)11-6-5-7-13(11,2)3/h8-9,11H,4-7H2,1-3H3. The smallest absolute Gasteiger partial charge is 0.169 e. The molecule has 16 heavy (non-hydrogen) atoms. The van der Waals surface area contributed by atoms with Crippen LogP contribution >= 0.6 is 0 Å². The van der Waals surface area contributed by atoms with Gasteiger partial charge in [-0.1, -0.05) is 20.3 Å². The summed E-state index contributed by atoms with van der Waals surface area (Å²) in [5.74, 6) is 0.462. The molecule has 0 aliphatic heterocycles. The zero-order chi connectivity index (χ0) is 11.8. The minimum atomic E-state index is 0.158. The van der Waals surface area contributed by atoms with E-state index in [0.717, 1.165) is 24.9 Å². The maximum Gasteiger partial charge on any atom is 0.169 e. The first kappa shape index (κ1) is 11.4. The van der Waals surface area contributed by atoms with Crippen LogP contribution in [0.2, 0.25) is 0 Å². The Bertz CT molecular complexity index is 392. The van der Waals surface area contributed by atoms with Crippen molar-refractivity contribution in [2.75, 3.05) is 0 Å². The normalized spacial score (nSPS) is 23.6. The lowest BCUT2D eigenvalue weighted by molar-refractivity contribution is 0.0839. The maximum absolute atomic E-state index is 12.3. The SMILES string of the molecule is CCn1cc(C(=O)C2CCCC2(C)C)cn1. The van der Waals surface area contributed by atoms with E-state index in [2.05, 4.69) is 18.9 Å². The van der Waals surface area contributed by atoms with Gasteiger partial charge in [0.25, 0.3) is 0 Å². The third-order valence-electron chi connectivity index (χ3n) is 3.82. The molecule has 0 spiro atoms. The number of ketones is 1. The topological polar surface area (TPSA) is 34.9 Å². The Kier molecular flexibility index (Phi) is 2.87. The van der Waals surface area contributed by atoms with E-state index in [1.165, 1.54) is 6.42 Å². The van der Waals surface area contributed by atoms with Gasteiger partial charge in [0.15, 0.2) is 5.78 Å². The Morgan fingerprint density at radius 3 is 2.88 bits per heavy atom. The molecule has 2 rings (SSSR count). The Hall–Kier alpha value is -1.12. The molecule has 0 amide bonds. The predicted molar refractivity (Wildman–Crippen MR) is 63.4 cm³/mol. The van der Waals surface area contributed by atoms with Crippen LogP contribution in [0.5, 0.6) is 0 Å². The van der Waals surface area contributed by atoms with Gasteiger partial charge in [-0.2, -0.15) is 5.10 Å². The van der Waals surface area contributed by atoms with Crippen molar-refractivity contribution in [1.29, 1.82) is 0 Å². The Morgan fingerprint density at radius 1 is 1.62 bits per heavy atom. The molecule has 1 aliphatic carbocycles. The monoisotopic (exact) mass is 220 g/mol. The summed E-state index contributed by atoms with van der Waals surface area (Å²) in [5, 5.41) is 4.17. The molecular formula is C13H20N2O. The highest BCUT2D eigenvalue weighted by atomic mass is 16.1. The van der Waals surface area contributed by atoms with E-state index in [1.807, 2.05) is 17.8 Å². The zero-order valence-corrected chi connectivity index (χ0v) is 10.4. The van der Waals surface area contributed by atoms with E-state index in [-0.39, 0.29) is 17.1 Å². The number of nitrogens with zero attached hydrogens (tertiary/aromatic N) is 2. The van der Waals surface area contributed by atoms with Gasteiger partial charge in [-0.25, -0.2) is 0 Å². The van der Waals surface area contributed by atoms with Crippen molar-refractivity contribution >= 4 is 5.78 Å². The Balaban J connectivity index is 2.19. The van der Waals surface area contributed by atoms with E-state index in [9.17, 15) is 4.79 Å². The second-order valence-corrected chi connectivity index (χ2v) is 5.38. The molecule has 0 radical (unpaired) electrons. The van der Waals surface area contributed by atoms with Gasteiger partial charge in [-0.15, -0.1) is 0 Å². The highest BCUT2D eigenvalue weighted by molar-refractivity contribution is 5.98. The minimum absolute atomic E-state index is 0.158. The lowest BCUT2D eigenvalue weighted by Crippen LogP contribution is -2.25. The first-order valence-corrected chi connectivity index (χ1v) is 6.11. The lowest BCUT2D eigenvalue weighted by atomic mass is 9.78. The molecule has 0 aromatic carbocycles. The summed E-state index contributed by atoms with van der Waals surface area (Å²) >= 11 is 0. The van der Waals surface area contributed by atoms with E-state index < -0.39 is 0 Å². The van der Waals surface area contributed by atoms with Gasteiger partial charge in [0.2, 0.25) is 0 Å². The fourth-order valence-electron chi connectivity index (χ4n) is 2.68. The molecule has 0 bridgehead atoms. The zero-order valence-electron chi connectivity index (χ0n) is 10.4. The van der Waals surface area contributed by atoms with Crippen LogP contribution in [0, 0.1) is 11.3 Å². The maximum atomic E-state index is 12.3. The third-order valence-corrected chi connectivity index (χ3v) is 3.82. The summed E-state index contributed by atoms with van der Waals surface area (Å²) in [4.78, 5) is 12.3. The molecule has 1 saturated carbocycles. The average molecular weight is 220 g/mol. The summed E-state index contributed by atoms with van der Waals surface area (Å²) < 4.78 is 1.81. The predicted octanol–water partition coefficient (Wildman–Crippen LogP) is 2.91. The van der Waals surface area contributed by atoms with E-state index in [4.69, 9.17) is 0 Å². The van der Waals surface area contributed by atoms with E-state index in [0.29, 0.717) is 0 Å². The van der Waals surface area contributed by atoms with Crippen LogP contribution in [-0.4, -0.2) is 15.6 Å². The molecule has 3 heteroatoms. The van der Waals surface area contributed by atoms with Crippen LogP contribution in [0.15, 0.2) is 12.4 Å². The fourth-order valence-corrected chi connectivity index (χ4v) is 2.68. The fraction of sp³-hybridized carbons (Fsp3) is 0.692. The molecule has 1 aliphatic rings. The number of aryl methyl sites for hydroxylation is 1. The first-order valence-electron chi connectivity index (χ1n) is 6.11. The van der Waals surface area contributed by atoms with Crippen molar-refractivity contribution in [2.45, 2.75) is 46.6 Å². The third kappa shape index (κ3) is 1.91. The quantitative estimate of drug-likeness (QED) is 0.734. The number of hydrogen-bond donors (Lipinski definition) is 0. The molecule has 1 atom stereocenters. The largest absolute Gasteiger partial charge is 0.294 e. The molecular weight excluding hydrogens is 200 g/mol. The molecule has 0 saturated heterocycles. The number of aromatic nitrogens is 2. The molecule has 1 aromatic rings. The summed E-state index contributed by atoms with van der Waals surface area (Å²) in [6, 6.07) is 0. The van der Waals surface area contributed by atoms with Crippen LogP contribution in [0.25, 0.3) is 0 Å². The van der Waals surface area contributed by atoms with Crippen LogP contribution in [0.4, 0.5) is 0 Å². The summed E-state index contributed by atoms with van der Waals surface area (Å²) in [6.07, 6.45) is 6.94. The highest BCUT2D eigenvalue weighted by Crippen LogP contribution is 2.44. The van der Waals surface area contributed by atoms with E-state index >= 15 is 0 Å². The van der Waals surface area contributed by atoms with Gasteiger partial charge in [-0.05, 0) is 25.2 Å². The van der Waals surface area contributed by atoms with Gasteiger partial charge in [0, 0.05) is 18.7 Å². The van der Waals surface area contributed by atoms with Crippen molar-refractivity contribution in [2.24, 2.45) is 11.3 Å². The number of rotatable bonds is 3. The number of Topliss-reactive ketones (excluding diaryl/α,β-unsaturated/α-hetero) is 1. The van der Waals surface area contributed by atoms with Crippen molar-refractivity contribution in [3.63, 3.8) is 0 Å². The average Bonchev–Trinajstić information content (AvgIpc) is 2.82. The number of carbonyl (C=O) groups is 1. The molecule has 1 heterocycles. The van der Waals surface area contributed by atoms with Gasteiger partial charge < -0.3 is 0 Å². The molecule has 1 unspecified atom stereocenters. The number of carbonyl (C=O) groups excluding carboxylic acids is 1.